The fourth-order valence-electron chi connectivity index (χ4n) is 2.49. The van der Waals surface area contributed by atoms with Crippen LogP contribution in [0.2, 0.25) is 0 Å². The molecule has 0 saturated heterocycles. The second kappa shape index (κ2) is 4.55. The summed E-state index contributed by atoms with van der Waals surface area (Å²) >= 11 is 0. The minimum absolute atomic E-state index is 0.0698. The Bertz CT molecular complexity index is 419. The molecule has 1 atom stereocenters. The number of nitrogens with one attached hydrogen (secondary N) is 1. The number of hydrogen-bond donors (Lipinski definition) is 1. The number of benzene rings is 1. The highest BCUT2D eigenvalue weighted by molar-refractivity contribution is 5.53. The Labute approximate surface area is 101 Å². The summed E-state index contributed by atoms with van der Waals surface area (Å²) in [6.45, 7) is 2.82. The molecule has 1 N–H and O–H groups in total. The summed E-state index contributed by atoms with van der Waals surface area (Å²) in [4.78, 5) is 0. The van der Waals surface area contributed by atoms with Gasteiger partial charge in [0, 0.05) is 12.1 Å². The molecule has 92 valence electrons. The van der Waals surface area contributed by atoms with E-state index in [-0.39, 0.29) is 6.10 Å². The van der Waals surface area contributed by atoms with E-state index >= 15 is 0 Å². The Kier molecular flexibility index (Phi) is 2.91. The Morgan fingerprint density at radius 3 is 3.00 bits per heavy atom. The zero-order chi connectivity index (χ0) is 11.7. The number of hydrogen-bond acceptors (Lipinski definition) is 4. The summed E-state index contributed by atoms with van der Waals surface area (Å²) in [5.74, 6) is 1.73. The minimum Gasteiger partial charge on any atom is -0.486 e. The highest BCUT2D eigenvalue weighted by atomic mass is 16.6. The van der Waals surface area contributed by atoms with Gasteiger partial charge in [-0.2, -0.15) is 0 Å². The molecule has 0 bridgehead atoms. The van der Waals surface area contributed by atoms with E-state index in [1.54, 1.807) is 0 Å². The largest absolute Gasteiger partial charge is 0.486 e. The lowest BCUT2D eigenvalue weighted by Gasteiger charge is -2.30. The van der Waals surface area contributed by atoms with Gasteiger partial charge in [-0.1, -0.05) is 6.07 Å². The molecule has 0 unspecified atom stereocenters. The van der Waals surface area contributed by atoms with Gasteiger partial charge in [-0.25, -0.2) is 0 Å². The van der Waals surface area contributed by atoms with Crippen LogP contribution in [0.1, 0.15) is 17.2 Å². The molecule has 2 aliphatic heterocycles. The van der Waals surface area contributed by atoms with Gasteiger partial charge in [0.1, 0.15) is 13.2 Å². The van der Waals surface area contributed by atoms with Crippen molar-refractivity contribution in [3.63, 3.8) is 0 Å². The number of ether oxygens (including phenoxy) is 3. The van der Waals surface area contributed by atoms with E-state index < -0.39 is 0 Å². The molecular weight excluding hydrogens is 218 g/mol. The van der Waals surface area contributed by atoms with E-state index in [0.29, 0.717) is 13.2 Å². The molecule has 2 heterocycles. The third kappa shape index (κ3) is 1.87. The van der Waals surface area contributed by atoms with Crippen LogP contribution in [0, 0.1) is 0 Å². The van der Waals surface area contributed by atoms with Crippen molar-refractivity contribution in [3.8, 4) is 11.5 Å². The standard InChI is InChI=1S/C13H17NO3/c1-14-8-11-12-9(4-5-15-11)2-3-10-13(12)17-7-6-16-10/h2-3,11,14H,4-8H2,1H3/t11-/m1/s1. The third-order valence-electron chi connectivity index (χ3n) is 3.24. The van der Waals surface area contributed by atoms with E-state index in [1.807, 2.05) is 13.1 Å². The lowest BCUT2D eigenvalue weighted by molar-refractivity contribution is 0.0391. The smallest absolute Gasteiger partial charge is 0.167 e. The van der Waals surface area contributed by atoms with Crippen molar-refractivity contribution in [2.24, 2.45) is 0 Å². The van der Waals surface area contributed by atoms with Crippen molar-refractivity contribution >= 4 is 0 Å². The average Bonchev–Trinajstić information content (AvgIpc) is 2.39. The molecule has 1 aromatic carbocycles. The van der Waals surface area contributed by atoms with Gasteiger partial charge in [0.05, 0.1) is 12.7 Å². The van der Waals surface area contributed by atoms with Crippen molar-refractivity contribution in [2.75, 3.05) is 33.4 Å². The van der Waals surface area contributed by atoms with Crippen molar-refractivity contribution in [2.45, 2.75) is 12.5 Å². The van der Waals surface area contributed by atoms with Crippen LogP contribution in [-0.4, -0.2) is 33.4 Å². The van der Waals surface area contributed by atoms with Gasteiger partial charge in [0.25, 0.3) is 0 Å². The van der Waals surface area contributed by atoms with Gasteiger partial charge in [-0.3, -0.25) is 0 Å². The maximum absolute atomic E-state index is 5.81. The molecule has 0 radical (unpaired) electrons. The second-order valence-corrected chi connectivity index (χ2v) is 4.33. The van der Waals surface area contributed by atoms with Gasteiger partial charge in [0.2, 0.25) is 0 Å². The summed E-state index contributed by atoms with van der Waals surface area (Å²) in [6, 6.07) is 4.14. The highest BCUT2D eigenvalue weighted by Gasteiger charge is 2.28. The highest BCUT2D eigenvalue weighted by Crippen LogP contribution is 2.42. The molecule has 17 heavy (non-hydrogen) atoms. The number of rotatable bonds is 2. The minimum atomic E-state index is 0.0698. The van der Waals surface area contributed by atoms with Gasteiger partial charge in [-0.15, -0.1) is 0 Å². The average molecular weight is 235 g/mol. The number of fused-ring (bicyclic) bond motifs is 3. The van der Waals surface area contributed by atoms with E-state index in [9.17, 15) is 0 Å². The molecule has 0 spiro atoms. The molecule has 4 nitrogen and oxygen atoms in total. The molecule has 0 saturated carbocycles. The van der Waals surface area contributed by atoms with Crippen molar-refractivity contribution < 1.29 is 14.2 Å². The zero-order valence-corrected chi connectivity index (χ0v) is 9.99. The summed E-state index contributed by atoms with van der Waals surface area (Å²) < 4.78 is 17.2. The Morgan fingerprint density at radius 2 is 2.12 bits per heavy atom. The van der Waals surface area contributed by atoms with Crippen LogP contribution in [0.25, 0.3) is 0 Å². The Morgan fingerprint density at radius 1 is 1.24 bits per heavy atom. The molecule has 1 aromatic rings. The van der Waals surface area contributed by atoms with Gasteiger partial charge < -0.3 is 19.5 Å². The second-order valence-electron chi connectivity index (χ2n) is 4.33. The number of likely N-dealkylation sites (N-methyl/N-ethyl adjacent to an activating group) is 1. The van der Waals surface area contributed by atoms with Gasteiger partial charge in [-0.05, 0) is 25.1 Å². The molecule has 4 heteroatoms. The first-order valence-electron chi connectivity index (χ1n) is 6.07. The Hall–Kier alpha value is -1.26. The van der Waals surface area contributed by atoms with Crippen LogP contribution >= 0.6 is 0 Å². The first-order chi connectivity index (χ1) is 8.40. The van der Waals surface area contributed by atoms with Crippen LogP contribution in [0.5, 0.6) is 11.5 Å². The monoisotopic (exact) mass is 235 g/mol. The zero-order valence-electron chi connectivity index (χ0n) is 9.99. The van der Waals surface area contributed by atoms with Crippen LogP contribution in [0.4, 0.5) is 0 Å². The third-order valence-corrected chi connectivity index (χ3v) is 3.24. The molecule has 0 fully saturated rings. The Balaban J connectivity index is 2.05. The predicted molar refractivity (Wildman–Crippen MR) is 63.8 cm³/mol. The summed E-state index contributed by atoms with van der Waals surface area (Å²) in [6.07, 6.45) is 1.02. The van der Waals surface area contributed by atoms with Crippen LogP contribution < -0.4 is 14.8 Å². The molecule has 2 aliphatic rings. The van der Waals surface area contributed by atoms with Crippen molar-refractivity contribution in [1.29, 1.82) is 0 Å². The fraction of sp³-hybridized carbons (Fsp3) is 0.538. The van der Waals surface area contributed by atoms with E-state index in [2.05, 4.69) is 11.4 Å². The predicted octanol–water partition coefficient (Wildman–Crippen LogP) is 1.29. The summed E-state index contributed by atoms with van der Waals surface area (Å²) in [5.41, 5.74) is 2.49. The maximum atomic E-state index is 5.81. The van der Waals surface area contributed by atoms with Crippen LogP contribution in [0.3, 0.4) is 0 Å². The normalized spacial score (nSPS) is 22.1. The van der Waals surface area contributed by atoms with E-state index in [4.69, 9.17) is 14.2 Å². The molecule has 0 aromatic heterocycles. The lowest BCUT2D eigenvalue weighted by Crippen LogP contribution is -2.27. The van der Waals surface area contributed by atoms with E-state index in [0.717, 1.165) is 31.1 Å². The van der Waals surface area contributed by atoms with Gasteiger partial charge in [0.15, 0.2) is 11.5 Å². The maximum Gasteiger partial charge on any atom is 0.167 e. The van der Waals surface area contributed by atoms with Gasteiger partial charge >= 0.3 is 0 Å². The first kappa shape index (κ1) is 10.9. The summed E-state index contributed by atoms with van der Waals surface area (Å²) in [7, 11) is 1.93. The SMILES string of the molecule is CNC[C@H]1OCCc2ccc3c(c21)OCCO3. The fourth-order valence-corrected chi connectivity index (χ4v) is 2.49. The summed E-state index contributed by atoms with van der Waals surface area (Å²) in [5, 5.41) is 3.16. The molecule has 0 amide bonds. The molecule has 3 rings (SSSR count). The van der Waals surface area contributed by atoms with Crippen molar-refractivity contribution in [1.82, 2.24) is 5.32 Å². The molecule has 0 aliphatic carbocycles. The van der Waals surface area contributed by atoms with Crippen LogP contribution in [-0.2, 0) is 11.2 Å². The molecular formula is C13H17NO3. The van der Waals surface area contributed by atoms with Crippen LogP contribution in [0.15, 0.2) is 12.1 Å². The topological polar surface area (TPSA) is 39.7 Å². The van der Waals surface area contributed by atoms with E-state index in [1.165, 1.54) is 11.1 Å². The first-order valence-corrected chi connectivity index (χ1v) is 6.07. The quantitative estimate of drug-likeness (QED) is 0.838. The lowest BCUT2D eigenvalue weighted by atomic mass is 9.95. The van der Waals surface area contributed by atoms with Crippen molar-refractivity contribution in [3.05, 3.63) is 23.3 Å².